The van der Waals surface area contributed by atoms with Crippen LogP contribution in [0.15, 0.2) is 20.8 Å². The lowest BCUT2D eigenvalue weighted by Crippen LogP contribution is -2.36. The number of halogens is 1. The highest BCUT2D eigenvalue weighted by molar-refractivity contribution is 9.10. The average Bonchev–Trinajstić information content (AvgIpc) is 2.33. The molecule has 0 radical (unpaired) electrons. The second-order valence-electron chi connectivity index (χ2n) is 4.00. The van der Waals surface area contributed by atoms with Crippen LogP contribution in [0.1, 0.15) is 20.3 Å². The average molecular weight is 318 g/mol. The topological polar surface area (TPSA) is 108 Å². The zero-order chi connectivity index (χ0) is 13.7. The van der Waals surface area contributed by atoms with Gasteiger partial charge in [0.25, 0.3) is 5.56 Å². The Hall–Kier alpha value is -1.57. The Morgan fingerprint density at radius 1 is 1.72 bits per heavy atom. The molecule has 8 heteroatoms. The summed E-state index contributed by atoms with van der Waals surface area (Å²) in [6, 6.07) is 0.127. The van der Waals surface area contributed by atoms with Crippen molar-refractivity contribution in [2.75, 3.05) is 11.4 Å². The molecule has 0 aromatic carbocycles. The minimum atomic E-state index is -0.241. The van der Waals surface area contributed by atoms with Crippen LogP contribution in [-0.2, 0) is 0 Å². The molecule has 1 heterocycles. The van der Waals surface area contributed by atoms with Gasteiger partial charge in [-0.1, -0.05) is 5.16 Å². The number of nitrogens with zero attached hydrogens (tertiary/aromatic N) is 3. The SMILES string of the molecule is CC(C)N(CCC(N)=NO)c1nc[nH]c(=O)c1Br. The van der Waals surface area contributed by atoms with Crippen molar-refractivity contribution in [1.82, 2.24) is 9.97 Å². The van der Waals surface area contributed by atoms with Crippen LogP contribution in [0, 0.1) is 0 Å². The minimum Gasteiger partial charge on any atom is -0.409 e. The van der Waals surface area contributed by atoms with Crippen molar-refractivity contribution < 1.29 is 5.21 Å². The fraction of sp³-hybridized carbons (Fsp3) is 0.500. The van der Waals surface area contributed by atoms with E-state index in [1.807, 2.05) is 18.7 Å². The monoisotopic (exact) mass is 317 g/mol. The van der Waals surface area contributed by atoms with Gasteiger partial charge >= 0.3 is 0 Å². The van der Waals surface area contributed by atoms with Gasteiger partial charge in [-0.25, -0.2) is 4.98 Å². The van der Waals surface area contributed by atoms with Gasteiger partial charge in [0.1, 0.15) is 10.3 Å². The Bertz CT molecular complexity index is 485. The first-order valence-electron chi connectivity index (χ1n) is 5.43. The maximum absolute atomic E-state index is 11.5. The number of nitrogens with one attached hydrogen (secondary N) is 1. The maximum atomic E-state index is 11.5. The fourth-order valence-corrected chi connectivity index (χ4v) is 1.91. The van der Waals surface area contributed by atoms with Gasteiger partial charge in [0.15, 0.2) is 5.82 Å². The van der Waals surface area contributed by atoms with E-state index in [-0.39, 0.29) is 17.4 Å². The number of aromatic nitrogens is 2. The molecular formula is C10H16BrN5O2. The van der Waals surface area contributed by atoms with Crippen LogP contribution in [0.4, 0.5) is 5.82 Å². The minimum absolute atomic E-state index is 0.127. The lowest BCUT2D eigenvalue weighted by molar-refractivity contribution is 0.317. The van der Waals surface area contributed by atoms with E-state index >= 15 is 0 Å². The summed E-state index contributed by atoms with van der Waals surface area (Å²) >= 11 is 3.21. The van der Waals surface area contributed by atoms with Gasteiger partial charge < -0.3 is 20.8 Å². The summed E-state index contributed by atoms with van der Waals surface area (Å²) in [5.41, 5.74) is 5.20. The van der Waals surface area contributed by atoms with Crippen molar-refractivity contribution in [3.63, 3.8) is 0 Å². The Morgan fingerprint density at radius 3 is 2.94 bits per heavy atom. The van der Waals surface area contributed by atoms with Crippen LogP contribution in [-0.4, -0.2) is 33.6 Å². The van der Waals surface area contributed by atoms with Crippen molar-refractivity contribution in [3.05, 3.63) is 21.2 Å². The summed E-state index contributed by atoms with van der Waals surface area (Å²) in [5.74, 6) is 0.682. The second kappa shape index (κ2) is 6.39. The highest BCUT2D eigenvalue weighted by atomic mass is 79.9. The summed E-state index contributed by atoms with van der Waals surface area (Å²) in [6.07, 6.45) is 1.73. The third-order valence-electron chi connectivity index (χ3n) is 2.41. The number of oxime groups is 1. The van der Waals surface area contributed by atoms with E-state index in [1.165, 1.54) is 6.33 Å². The molecule has 1 aromatic rings. The molecule has 0 amide bonds. The molecule has 0 aliphatic carbocycles. The van der Waals surface area contributed by atoms with Gasteiger partial charge in [-0.2, -0.15) is 0 Å². The first-order chi connectivity index (χ1) is 8.47. The van der Waals surface area contributed by atoms with Gasteiger partial charge in [-0.05, 0) is 29.8 Å². The summed E-state index contributed by atoms with van der Waals surface area (Å²) < 4.78 is 0.373. The number of H-pyrrole nitrogens is 1. The zero-order valence-corrected chi connectivity index (χ0v) is 11.8. The maximum Gasteiger partial charge on any atom is 0.267 e. The van der Waals surface area contributed by atoms with Crippen molar-refractivity contribution in [2.45, 2.75) is 26.3 Å². The molecule has 7 nitrogen and oxygen atoms in total. The smallest absolute Gasteiger partial charge is 0.267 e. The van der Waals surface area contributed by atoms with Gasteiger partial charge in [-0.3, -0.25) is 4.79 Å². The summed E-state index contributed by atoms with van der Waals surface area (Å²) in [4.78, 5) is 20.0. The largest absolute Gasteiger partial charge is 0.409 e. The number of anilines is 1. The molecule has 0 aliphatic heterocycles. The van der Waals surface area contributed by atoms with Crippen molar-refractivity contribution in [2.24, 2.45) is 10.9 Å². The Kier molecular flexibility index (Phi) is 5.14. The lowest BCUT2D eigenvalue weighted by atomic mass is 10.2. The van der Waals surface area contributed by atoms with Crippen LogP contribution in [0.5, 0.6) is 0 Å². The van der Waals surface area contributed by atoms with Crippen LogP contribution in [0.25, 0.3) is 0 Å². The number of rotatable bonds is 5. The molecule has 4 N–H and O–H groups in total. The molecule has 100 valence electrons. The predicted octanol–water partition coefficient (Wildman–Crippen LogP) is 0.884. The van der Waals surface area contributed by atoms with Crippen LogP contribution in [0.2, 0.25) is 0 Å². The first-order valence-corrected chi connectivity index (χ1v) is 6.23. The molecule has 0 unspecified atom stereocenters. The van der Waals surface area contributed by atoms with Gasteiger partial charge in [0.05, 0.1) is 6.33 Å². The molecule has 0 saturated carbocycles. The predicted molar refractivity (Wildman–Crippen MR) is 73.1 cm³/mol. The summed E-state index contributed by atoms with van der Waals surface area (Å²) in [6.45, 7) is 4.45. The number of nitrogens with two attached hydrogens (primary N) is 1. The Morgan fingerprint density at radius 2 is 2.39 bits per heavy atom. The molecule has 0 fully saturated rings. The van der Waals surface area contributed by atoms with E-state index in [9.17, 15) is 4.79 Å². The van der Waals surface area contributed by atoms with Crippen molar-refractivity contribution >= 4 is 27.6 Å². The molecule has 0 saturated heterocycles. The highest BCUT2D eigenvalue weighted by Crippen LogP contribution is 2.21. The van der Waals surface area contributed by atoms with Crippen LogP contribution in [0.3, 0.4) is 0 Å². The standard InChI is InChI=1S/C10H16BrN5O2/c1-6(2)16(4-3-7(12)15-18)9-8(11)10(17)14-5-13-9/h5-6,18H,3-4H2,1-2H3,(H2,12,15)(H,13,14,17). The third kappa shape index (κ3) is 3.46. The summed E-state index contributed by atoms with van der Waals surface area (Å²) in [5, 5.41) is 11.4. The van der Waals surface area contributed by atoms with Crippen LogP contribution < -0.4 is 16.2 Å². The second-order valence-corrected chi connectivity index (χ2v) is 4.79. The van der Waals surface area contributed by atoms with Crippen molar-refractivity contribution in [1.29, 1.82) is 0 Å². The third-order valence-corrected chi connectivity index (χ3v) is 3.13. The van der Waals surface area contributed by atoms with E-state index in [4.69, 9.17) is 10.9 Å². The number of amidine groups is 1. The van der Waals surface area contributed by atoms with E-state index < -0.39 is 0 Å². The van der Waals surface area contributed by atoms with E-state index in [0.29, 0.717) is 23.3 Å². The number of aromatic amines is 1. The lowest BCUT2D eigenvalue weighted by Gasteiger charge is -2.28. The number of hydrogen-bond donors (Lipinski definition) is 3. The Labute approximate surface area is 113 Å². The first kappa shape index (κ1) is 14.5. The molecule has 0 bridgehead atoms. The van der Waals surface area contributed by atoms with Crippen LogP contribution >= 0.6 is 15.9 Å². The van der Waals surface area contributed by atoms with Gasteiger partial charge in [0, 0.05) is 19.0 Å². The molecule has 1 rings (SSSR count). The molecule has 0 aliphatic rings. The molecule has 0 atom stereocenters. The van der Waals surface area contributed by atoms with E-state index in [1.54, 1.807) is 0 Å². The Balaban J connectivity index is 2.98. The zero-order valence-electron chi connectivity index (χ0n) is 10.2. The number of hydrogen-bond acceptors (Lipinski definition) is 5. The molecular weight excluding hydrogens is 302 g/mol. The van der Waals surface area contributed by atoms with Gasteiger partial charge in [0.2, 0.25) is 0 Å². The van der Waals surface area contributed by atoms with Crippen molar-refractivity contribution in [3.8, 4) is 0 Å². The normalized spacial score (nSPS) is 11.9. The highest BCUT2D eigenvalue weighted by Gasteiger charge is 2.17. The summed E-state index contributed by atoms with van der Waals surface area (Å²) in [7, 11) is 0. The molecule has 0 spiro atoms. The quantitative estimate of drug-likeness (QED) is 0.323. The van der Waals surface area contributed by atoms with Gasteiger partial charge in [-0.15, -0.1) is 0 Å². The molecule has 1 aromatic heterocycles. The van der Waals surface area contributed by atoms with E-state index in [0.717, 1.165) is 0 Å². The van der Waals surface area contributed by atoms with E-state index in [2.05, 4.69) is 31.1 Å². The fourth-order valence-electron chi connectivity index (χ4n) is 1.47. The molecule has 18 heavy (non-hydrogen) atoms.